The molecule has 1 saturated heterocycles. The number of aromatic nitrogens is 5. The topological polar surface area (TPSA) is 82.7 Å². The first kappa shape index (κ1) is 22.2. The summed E-state index contributed by atoms with van der Waals surface area (Å²) in [6, 6.07) is 16.6. The lowest BCUT2D eigenvalue weighted by Crippen LogP contribution is -2.25. The highest BCUT2D eigenvalue weighted by atomic mass is 32.1. The molecule has 0 amide bonds. The third-order valence-electron chi connectivity index (χ3n) is 7.04. The van der Waals surface area contributed by atoms with E-state index in [0.717, 1.165) is 62.3 Å². The molecule has 7 nitrogen and oxygen atoms in total. The van der Waals surface area contributed by atoms with Crippen molar-refractivity contribution in [2.75, 3.05) is 26.2 Å². The Kier molecular flexibility index (Phi) is 5.68. The molecule has 0 spiro atoms. The van der Waals surface area contributed by atoms with Crippen LogP contribution in [-0.2, 0) is 0 Å². The molecule has 1 fully saturated rings. The van der Waals surface area contributed by atoms with Crippen LogP contribution in [-0.4, -0.2) is 56.3 Å². The number of hydrogen-bond donors (Lipinski definition) is 2. The molecule has 0 unspecified atom stereocenters. The van der Waals surface area contributed by atoms with Gasteiger partial charge in [-0.15, -0.1) is 11.3 Å². The van der Waals surface area contributed by atoms with E-state index < -0.39 is 0 Å². The number of aromatic amines is 2. The Morgan fingerprint density at radius 2 is 1.89 bits per heavy atom. The van der Waals surface area contributed by atoms with Gasteiger partial charge in [0, 0.05) is 39.5 Å². The van der Waals surface area contributed by atoms with Crippen molar-refractivity contribution in [1.82, 2.24) is 30.0 Å². The summed E-state index contributed by atoms with van der Waals surface area (Å²) in [4.78, 5) is 16.3. The molecular formula is C29H26N6OS. The Bertz CT molecular complexity index is 1680. The molecule has 1 aliphatic rings. The second kappa shape index (κ2) is 9.46. The first-order valence-electron chi connectivity index (χ1n) is 12.6. The first-order valence-corrected chi connectivity index (χ1v) is 13.5. The summed E-state index contributed by atoms with van der Waals surface area (Å²) in [6.45, 7) is 4.04. The normalized spacial score (nSPS) is 14.2. The second-order valence-corrected chi connectivity index (χ2v) is 10.4. The van der Waals surface area contributed by atoms with Crippen LogP contribution in [0.4, 0.5) is 0 Å². The zero-order valence-electron chi connectivity index (χ0n) is 20.3. The van der Waals surface area contributed by atoms with Crippen molar-refractivity contribution < 1.29 is 4.74 Å². The molecule has 0 bridgehead atoms. The lowest BCUT2D eigenvalue weighted by atomic mass is 10.1. The highest BCUT2D eigenvalue weighted by molar-refractivity contribution is 7.13. The van der Waals surface area contributed by atoms with Crippen LogP contribution < -0.4 is 4.74 Å². The minimum Gasteiger partial charge on any atom is -0.492 e. The van der Waals surface area contributed by atoms with Gasteiger partial charge in [-0.05, 0) is 61.6 Å². The molecule has 8 heteroatoms. The summed E-state index contributed by atoms with van der Waals surface area (Å²) < 4.78 is 6.07. The van der Waals surface area contributed by atoms with Gasteiger partial charge in [-0.2, -0.15) is 5.10 Å². The first-order chi connectivity index (χ1) is 18.3. The highest BCUT2D eigenvalue weighted by Crippen LogP contribution is 2.35. The molecule has 2 N–H and O–H groups in total. The van der Waals surface area contributed by atoms with Gasteiger partial charge in [-0.3, -0.25) is 20.0 Å². The number of likely N-dealkylation sites (tertiary alicyclic amines) is 1. The number of fused-ring (bicyclic) bond motifs is 2. The van der Waals surface area contributed by atoms with E-state index in [0.29, 0.717) is 6.61 Å². The van der Waals surface area contributed by atoms with Crippen LogP contribution in [0.3, 0.4) is 0 Å². The largest absolute Gasteiger partial charge is 0.492 e. The van der Waals surface area contributed by atoms with Gasteiger partial charge in [0.2, 0.25) is 0 Å². The number of ether oxygens (including phenoxy) is 1. The van der Waals surface area contributed by atoms with Gasteiger partial charge in [-0.1, -0.05) is 18.2 Å². The molecule has 6 heterocycles. The highest BCUT2D eigenvalue weighted by Gasteiger charge is 2.16. The van der Waals surface area contributed by atoms with Crippen LogP contribution in [0.2, 0.25) is 0 Å². The van der Waals surface area contributed by atoms with E-state index in [1.165, 1.54) is 30.8 Å². The summed E-state index contributed by atoms with van der Waals surface area (Å²) in [5.74, 6) is 0.871. The molecule has 7 rings (SSSR count). The maximum atomic E-state index is 6.07. The fraction of sp³-hybridized carbons (Fsp3) is 0.207. The van der Waals surface area contributed by atoms with E-state index in [4.69, 9.17) is 9.72 Å². The summed E-state index contributed by atoms with van der Waals surface area (Å²) in [7, 11) is 0. The van der Waals surface area contributed by atoms with E-state index in [9.17, 15) is 0 Å². The van der Waals surface area contributed by atoms with Crippen molar-refractivity contribution in [1.29, 1.82) is 0 Å². The summed E-state index contributed by atoms with van der Waals surface area (Å²) in [6.07, 6.45) is 8.24. The average molecular weight is 507 g/mol. The maximum absolute atomic E-state index is 6.07. The van der Waals surface area contributed by atoms with Crippen LogP contribution in [0.5, 0.6) is 5.75 Å². The van der Waals surface area contributed by atoms with Crippen LogP contribution in [0.1, 0.15) is 12.8 Å². The van der Waals surface area contributed by atoms with E-state index >= 15 is 0 Å². The Labute approximate surface area is 218 Å². The van der Waals surface area contributed by atoms with Gasteiger partial charge >= 0.3 is 0 Å². The number of pyridine rings is 2. The molecule has 184 valence electrons. The quantitative estimate of drug-likeness (QED) is 0.263. The van der Waals surface area contributed by atoms with Gasteiger partial charge < -0.3 is 9.72 Å². The van der Waals surface area contributed by atoms with Crippen molar-refractivity contribution in [2.45, 2.75) is 12.8 Å². The van der Waals surface area contributed by atoms with E-state index in [-0.39, 0.29) is 0 Å². The average Bonchev–Trinajstić information content (AvgIpc) is 3.74. The van der Waals surface area contributed by atoms with E-state index in [2.05, 4.69) is 66.8 Å². The number of thiophene rings is 1. The lowest BCUT2D eigenvalue weighted by Gasteiger charge is -2.15. The van der Waals surface area contributed by atoms with Crippen molar-refractivity contribution in [2.24, 2.45) is 0 Å². The number of rotatable bonds is 7. The van der Waals surface area contributed by atoms with Crippen LogP contribution in [0, 0.1) is 0 Å². The Morgan fingerprint density at radius 1 is 0.946 bits per heavy atom. The smallest absolute Gasteiger partial charge is 0.120 e. The van der Waals surface area contributed by atoms with Crippen molar-refractivity contribution in [3.05, 3.63) is 72.5 Å². The summed E-state index contributed by atoms with van der Waals surface area (Å²) >= 11 is 1.72. The second-order valence-electron chi connectivity index (χ2n) is 9.42. The molecule has 37 heavy (non-hydrogen) atoms. The van der Waals surface area contributed by atoms with Crippen molar-refractivity contribution in [3.63, 3.8) is 0 Å². The number of nitrogens with one attached hydrogen (secondary N) is 2. The van der Waals surface area contributed by atoms with Crippen LogP contribution in [0.15, 0.2) is 72.5 Å². The zero-order chi connectivity index (χ0) is 24.6. The van der Waals surface area contributed by atoms with Crippen molar-refractivity contribution in [3.8, 4) is 38.8 Å². The number of benzene rings is 1. The molecule has 5 aromatic heterocycles. The molecular weight excluding hydrogens is 480 g/mol. The number of nitrogens with zero attached hydrogens (tertiary/aromatic N) is 4. The number of H-pyrrole nitrogens is 2. The monoisotopic (exact) mass is 506 g/mol. The Hall–Kier alpha value is -4.01. The maximum Gasteiger partial charge on any atom is 0.120 e. The SMILES string of the molecule is c1cc(OCCN2CCCC2)cc(-c2cc3c(-c4cc5c(-c6cccs6)cncc5[nH]4)n[nH]c3cn2)c1. The predicted octanol–water partition coefficient (Wildman–Crippen LogP) is 6.37. The van der Waals surface area contributed by atoms with Gasteiger partial charge in [0.15, 0.2) is 0 Å². The fourth-order valence-electron chi connectivity index (χ4n) is 5.13. The van der Waals surface area contributed by atoms with Gasteiger partial charge in [-0.25, -0.2) is 0 Å². The third-order valence-corrected chi connectivity index (χ3v) is 7.94. The molecule has 0 saturated carbocycles. The molecule has 6 aromatic rings. The van der Waals surface area contributed by atoms with E-state index in [1.54, 1.807) is 11.3 Å². The fourth-order valence-corrected chi connectivity index (χ4v) is 5.88. The molecule has 1 aromatic carbocycles. The van der Waals surface area contributed by atoms with Gasteiger partial charge in [0.05, 0.1) is 34.8 Å². The minimum absolute atomic E-state index is 0.699. The molecule has 0 aliphatic carbocycles. The van der Waals surface area contributed by atoms with Crippen LogP contribution in [0.25, 0.3) is 54.9 Å². The van der Waals surface area contributed by atoms with Gasteiger partial charge in [0.25, 0.3) is 0 Å². The molecule has 1 aliphatic heterocycles. The third kappa shape index (κ3) is 4.28. The zero-order valence-corrected chi connectivity index (χ0v) is 21.1. The Balaban J connectivity index is 1.20. The van der Waals surface area contributed by atoms with E-state index in [1.807, 2.05) is 30.7 Å². The van der Waals surface area contributed by atoms with Crippen molar-refractivity contribution >= 4 is 33.1 Å². The summed E-state index contributed by atoms with van der Waals surface area (Å²) in [5.41, 5.74) is 6.73. The lowest BCUT2D eigenvalue weighted by molar-refractivity contribution is 0.238. The minimum atomic E-state index is 0.699. The summed E-state index contributed by atoms with van der Waals surface area (Å²) in [5, 5.41) is 12.0. The Morgan fingerprint density at radius 3 is 2.78 bits per heavy atom. The standard InChI is InChI=1S/C29H26N6OS/c1-2-9-35(8-1)10-11-36-20-6-3-5-19(13-20)24-15-22-27(18-31-24)33-34-29(22)25-14-21-23(28-7-4-12-37-28)16-30-17-26(21)32-25/h3-7,12-18,32H,1-2,8-11H2,(H,33,34). The molecule has 0 radical (unpaired) electrons. The molecule has 0 atom stereocenters. The van der Waals surface area contributed by atoms with Gasteiger partial charge in [0.1, 0.15) is 18.1 Å². The number of hydrogen-bond acceptors (Lipinski definition) is 6. The predicted molar refractivity (Wildman–Crippen MR) is 149 cm³/mol. The van der Waals surface area contributed by atoms with Crippen LogP contribution >= 0.6 is 11.3 Å².